The monoisotopic (exact) mass is 420 g/mol. The van der Waals surface area contributed by atoms with Gasteiger partial charge in [-0.1, -0.05) is 12.1 Å². The highest BCUT2D eigenvalue weighted by Gasteiger charge is 2.19. The van der Waals surface area contributed by atoms with Crippen LogP contribution in [0, 0.1) is 6.92 Å². The van der Waals surface area contributed by atoms with Gasteiger partial charge in [-0.05, 0) is 36.2 Å². The number of aryl methyl sites for hydroxylation is 1. The lowest BCUT2D eigenvalue weighted by atomic mass is 10.1. The molecule has 0 bridgehead atoms. The van der Waals surface area contributed by atoms with E-state index in [2.05, 4.69) is 49.0 Å². The maximum absolute atomic E-state index is 12.2. The number of methoxy groups -OCH3 is 1. The second-order valence-corrected chi connectivity index (χ2v) is 7.76. The molecular weight excluding hydrogens is 392 g/mol. The maximum Gasteiger partial charge on any atom is 0.252 e. The molecule has 3 aromatic rings. The first-order valence-electron chi connectivity index (χ1n) is 10.6. The molecule has 0 saturated heterocycles. The summed E-state index contributed by atoms with van der Waals surface area (Å²) in [4.78, 5) is 18.6. The Hall–Kier alpha value is -3.26. The van der Waals surface area contributed by atoms with Gasteiger partial charge in [0.2, 0.25) is 0 Å². The van der Waals surface area contributed by atoms with E-state index in [-0.39, 0.29) is 5.91 Å². The molecule has 0 atom stereocenters. The van der Waals surface area contributed by atoms with Crippen molar-refractivity contribution in [3.8, 4) is 5.75 Å². The van der Waals surface area contributed by atoms with Gasteiger partial charge in [0.25, 0.3) is 5.91 Å². The lowest BCUT2D eigenvalue weighted by Crippen LogP contribution is -2.28. The SMILES string of the molecule is COc1ccc(CN2CCc3nnc(CCNC(=O)c4cccnc4)n3CC2)cc1C. The van der Waals surface area contributed by atoms with Gasteiger partial charge in [0.15, 0.2) is 0 Å². The van der Waals surface area contributed by atoms with Gasteiger partial charge in [-0.15, -0.1) is 10.2 Å². The molecule has 1 aliphatic heterocycles. The van der Waals surface area contributed by atoms with E-state index in [0.717, 1.165) is 55.6 Å². The fourth-order valence-corrected chi connectivity index (χ4v) is 3.95. The highest BCUT2D eigenvalue weighted by molar-refractivity contribution is 5.93. The fraction of sp³-hybridized carbons (Fsp3) is 0.391. The Kier molecular flexibility index (Phi) is 6.57. The second kappa shape index (κ2) is 9.70. The van der Waals surface area contributed by atoms with Crippen molar-refractivity contribution in [2.45, 2.75) is 32.9 Å². The van der Waals surface area contributed by atoms with Crippen LogP contribution in [-0.2, 0) is 25.9 Å². The zero-order valence-corrected chi connectivity index (χ0v) is 18.0. The van der Waals surface area contributed by atoms with E-state index in [1.165, 1.54) is 5.56 Å². The number of pyridine rings is 1. The van der Waals surface area contributed by atoms with Crippen LogP contribution in [0.25, 0.3) is 0 Å². The van der Waals surface area contributed by atoms with Crippen LogP contribution in [0.5, 0.6) is 5.75 Å². The number of hydrogen-bond donors (Lipinski definition) is 1. The number of benzene rings is 1. The molecule has 1 aromatic carbocycles. The predicted octanol–water partition coefficient (Wildman–Crippen LogP) is 2.02. The van der Waals surface area contributed by atoms with Crippen molar-refractivity contribution in [3.05, 3.63) is 71.1 Å². The number of nitrogens with zero attached hydrogens (tertiary/aromatic N) is 5. The minimum absolute atomic E-state index is 0.121. The number of ether oxygens (including phenoxy) is 1. The predicted molar refractivity (Wildman–Crippen MR) is 117 cm³/mol. The largest absolute Gasteiger partial charge is 0.496 e. The summed E-state index contributed by atoms with van der Waals surface area (Å²) in [5.74, 6) is 2.74. The average molecular weight is 421 g/mol. The molecule has 1 N–H and O–H groups in total. The van der Waals surface area contributed by atoms with Gasteiger partial charge in [0.05, 0.1) is 12.7 Å². The van der Waals surface area contributed by atoms with E-state index >= 15 is 0 Å². The molecule has 31 heavy (non-hydrogen) atoms. The molecule has 0 fully saturated rings. The number of carbonyl (C=O) groups is 1. The number of hydrogen-bond acceptors (Lipinski definition) is 6. The minimum atomic E-state index is -0.121. The number of carbonyl (C=O) groups excluding carboxylic acids is 1. The van der Waals surface area contributed by atoms with Crippen molar-refractivity contribution >= 4 is 5.91 Å². The van der Waals surface area contributed by atoms with Gasteiger partial charge in [-0.3, -0.25) is 14.7 Å². The molecule has 0 aliphatic carbocycles. The van der Waals surface area contributed by atoms with Crippen LogP contribution < -0.4 is 10.1 Å². The van der Waals surface area contributed by atoms with Crippen LogP contribution in [0.2, 0.25) is 0 Å². The van der Waals surface area contributed by atoms with Crippen molar-refractivity contribution in [2.75, 3.05) is 26.7 Å². The molecule has 8 heteroatoms. The topological polar surface area (TPSA) is 85.2 Å². The van der Waals surface area contributed by atoms with Crippen molar-refractivity contribution in [3.63, 3.8) is 0 Å². The van der Waals surface area contributed by atoms with Crippen LogP contribution in [0.15, 0.2) is 42.7 Å². The highest BCUT2D eigenvalue weighted by Crippen LogP contribution is 2.20. The molecule has 162 valence electrons. The summed E-state index contributed by atoms with van der Waals surface area (Å²) >= 11 is 0. The van der Waals surface area contributed by atoms with Gasteiger partial charge in [0.1, 0.15) is 17.4 Å². The van der Waals surface area contributed by atoms with E-state index in [9.17, 15) is 4.79 Å². The number of fused-ring (bicyclic) bond motifs is 1. The standard InChI is InChI=1S/C23H28N6O2/c1-17-14-18(5-6-20(17)31-2)16-28-11-8-22-27-26-21(29(22)13-12-28)7-10-25-23(30)19-4-3-9-24-15-19/h3-6,9,14-15H,7-8,10-13,16H2,1-2H3,(H,25,30). The summed E-state index contributed by atoms with van der Waals surface area (Å²) in [5.41, 5.74) is 3.00. The van der Waals surface area contributed by atoms with Crippen molar-refractivity contribution in [2.24, 2.45) is 0 Å². The summed E-state index contributed by atoms with van der Waals surface area (Å²) in [5, 5.41) is 11.7. The molecular formula is C23H28N6O2. The molecule has 8 nitrogen and oxygen atoms in total. The second-order valence-electron chi connectivity index (χ2n) is 7.76. The lowest BCUT2D eigenvalue weighted by Gasteiger charge is -2.20. The number of amides is 1. The normalized spacial score (nSPS) is 14.0. The molecule has 2 aromatic heterocycles. The van der Waals surface area contributed by atoms with Crippen LogP contribution in [-0.4, -0.2) is 57.3 Å². The maximum atomic E-state index is 12.2. The summed E-state index contributed by atoms with van der Waals surface area (Å²) < 4.78 is 7.57. The summed E-state index contributed by atoms with van der Waals surface area (Å²) in [6.45, 7) is 6.22. The van der Waals surface area contributed by atoms with Crippen LogP contribution >= 0.6 is 0 Å². The summed E-state index contributed by atoms with van der Waals surface area (Å²) in [6.07, 6.45) is 4.74. The number of nitrogens with one attached hydrogen (secondary N) is 1. The van der Waals surface area contributed by atoms with E-state index < -0.39 is 0 Å². The fourth-order valence-electron chi connectivity index (χ4n) is 3.95. The molecule has 1 aliphatic rings. The van der Waals surface area contributed by atoms with E-state index in [1.807, 2.05) is 6.07 Å². The third-order valence-corrected chi connectivity index (χ3v) is 5.62. The van der Waals surface area contributed by atoms with Gasteiger partial charge in [-0.25, -0.2) is 0 Å². The molecule has 4 rings (SSSR count). The quantitative estimate of drug-likeness (QED) is 0.630. The summed E-state index contributed by atoms with van der Waals surface area (Å²) in [7, 11) is 1.70. The van der Waals surface area contributed by atoms with Crippen LogP contribution in [0.1, 0.15) is 33.1 Å². The zero-order valence-electron chi connectivity index (χ0n) is 18.0. The van der Waals surface area contributed by atoms with Gasteiger partial charge in [0, 0.05) is 58.0 Å². The third kappa shape index (κ3) is 5.08. The van der Waals surface area contributed by atoms with E-state index in [1.54, 1.807) is 31.6 Å². The molecule has 0 saturated carbocycles. The molecule has 0 unspecified atom stereocenters. The first-order chi connectivity index (χ1) is 15.1. The highest BCUT2D eigenvalue weighted by atomic mass is 16.5. The Morgan fingerprint density at radius 1 is 1.19 bits per heavy atom. The number of aromatic nitrogens is 4. The first-order valence-corrected chi connectivity index (χ1v) is 10.6. The molecule has 0 spiro atoms. The zero-order chi connectivity index (χ0) is 21.6. The van der Waals surface area contributed by atoms with E-state index in [0.29, 0.717) is 18.5 Å². The minimum Gasteiger partial charge on any atom is -0.496 e. The lowest BCUT2D eigenvalue weighted by molar-refractivity contribution is 0.0953. The average Bonchev–Trinajstić information content (AvgIpc) is 3.06. The number of rotatable bonds is 7. The Bertz CT molecular complexity index is 1030. The smallest absolute Gasteiger partial charge is 0.252 e. The van der Waals surface area contributed by atoms with Gasteiger partial charge >= 0.3 is 0 Å². The first kappa shape index (κ1) is 21.0. The van der Waals surface area contributed by atoms with Crippen molar-refractivity contribution in [1.82, 2.24) is 30.0 Å². The molecule has 0 radical (unpaired) electrons. The third-order valence-electron chi connectivity index (χ3n) is 5.62. The Balaban J connectivity index is 1.32. The van der Waals surface area contributed by atoms with Crippen molar-refractivity contribution < 1.29 is 9.53 Å². The van der Waals surface area contributed by atoms with Crippen molar-refractivity contribution in [1.29, 1.82) is 0 Å². The van der Waals surface area contributed by atoms with Gasteiger partial charge < -0.3 is 14.6 Å². The van der Waals surface area contributed by atoms with E-state index in [4.69, 9.17) is 4.74 Å². The summed E-state index contributed by atoms with van der Waals surface area (Å²) in [6, 6.07) is 9.87. The Morgan fingerprint density at radius 3 is 2.87 bits per heavy atom. The van der Waals surface area contributed by atoms with Crippen LogP contribution in [0.3, 0.4) is 0 Å². The molecule has 1 amide bonds. The van der Waals surface area contributed by atoms with Crippen LogP contribution in [0.4, 0.5) is 0 Å². The van der Waals surface area contributed by atoms with Gasteiger partial charge in [-0.2, -0.15) is 0 Å². The Labute approximate surface area is 182 Å². The Morgan fingerprint density at radius 2 is 2.10 bits per heavy atom. The molecule has 3 heterocycles.